The van der Waals surface area contributed by atoms with Crippen LogP contribution < -0.4 is 10.6 Å². The van der Waals surface area contributed by atoms with Crippen LogP contribution in [0.15, 0.2) is 6.20 Å². The van der Waals surface area contributed by atoms with Gasteiger partial charge in [0, 0.05) is 6.54 Å². The van der Waals surface area contributed by atoms with Crippen molar-refractivity contribution in [1.29, 1.82) is 0 Å². The second kappa shape index (κ2) is 3.88. The Morgan fingerprint density at radius 1 is 1.79 bits per heavy atom. The number of ether oxygens (including phenoxy) is 1. The summed E-state index contributed by atoms with van der Waals surface area (Å²) in [5.74, 6) is 0.644. The smallest absolute Gasteiger partial charge is 0.142 e. The molecule has 0 aliphatic carbocycles. The van der Waals surface area contributed by atoms with Gasteiger partial charge in [-0.3, -0.25) is 5.10 Å². The number of anilines is 2. The highest BCUT2D eigenvalue weighted by atomic mass is 16.5. The molecule has 0 aromatic carbocycles. The summed E-state index contributed by atoms with van der Waals surface area (Å²) < 4.78 is 5.43. The van der Waals surface area contributed by atoms with Gasteiger partial charge in [0.1, 0.15) is 5.82 Å². The van der Waals surface area contributed by atoms with E-state index in [2.05, 4.69) is 22.0 Å². The highest BCUT2D eigenvalue weighted by Gasteiger charge is 2.23. The summed E-state index contributed by atoms with van der Waals surface area (Å²) in [7, 11) is 0. The molecule has 0 radical (unpaired) electrons. The molecule has 1 aliphatic heterocycles. The Morgan fingerprint density at radius 2 is 2.64 bits per heavy atom. The molecule has 5 heteroatoms. The lowest BCUT2D eigenvalue weighted by atomic mass is 10.1. The van der Waals surface area contributed by atoms with Crippen molar-refractivity contribution in [2.45, 2.75) is 19.4 Å². The van der Waals surface area contributed by atoms with E-state index in [0.717, 1.165) is 31.9 Å². The minimum atomic E-state index is 0.420. The van der Waals surface area contributed by atoms with Crippen LogP contribution in [0.1, 0.15) is 13.3 Å². The molecule has 1 aliphatic rings. The Balaban J connectivity index is 2.19. The fraction of sp³-hybridized carbons (Fsp3) is 0.667. The van der Waals surface area contributed by atoms with Crippen LogP contribution in [0.25, 0.3) is 0 Å². The van der Waals surface area contributed by atoms with Gasteiger partial charge in [-0.05, 0) is 6.42 Å². The lowest BCUT2D eigenvalue weighted by Gasteiger charge is -2.36. The number of nitrogen functional groups attached to an aromatic ring is 1. The number of rotatable bonds is 2. The van der Waals surface area contributed by atoms with E-state index >= 15 is 0 Å². The molecule has 0 bridgehead atoms. The van der Waals surface area contributed by atoms with Gasteiger partial charge < -0.3 is 15.4 Å². The van der Waals surface area contributed by atoms with Crippen molar-refractivity contribution in [3.8, 4) is 0 Å². The molecule has 1 unspecified atom stereocenters. The van der Waals surface area contributed by atoms with Crippen molar-refractivity contribution < 1.29 is 4.74 Å². The molecule has 5 nitrogen and oxygen atoms in total. The lowest BCUT2D eigenvalue weighted by molar-refractivity contribution is 0.0931. The number of hydrogen-bond acceptors (Lipinski definition) is 4. The first kappa shape index (κ1) is 9.33. The number of aromatic amines is 1. The van der Waals surface area contributed by atoms with Gasteiger partial charge in [0.05, 0.1) is 31.1 Å². The molecule has 1 saturated heterocycles. The van der Waals surface area contributed by atoms with Gasteiger partial charge in [-0.2, -0.15) is 5.10 Å². The van der Waals surface area contributed by atoms with Gasteiger partial charge in [-0.25, -0.2) is 0 Å². The molecule has 3 N–H and O–H groups in total. The first-order valence-corrected chi connectivity index (χ1v) is 4.96. The van der Waals surface area contributed by atoms with E-state index in [-0.39, 0.29) is 0 Å². The third-order valence-corrected chi connectivity index (χ3v) is 2.66. The predicted octanol–water partition coefficient (Wildman–Crippen LogP) is 0.607. The molecular weight excluding hydrogens is 180 g/mol. The zero-order valence-corrected chi connectivity index (χ0v) is 8.36. The molecule has 1 aromatic rings. The van der Waals surface area contributed by atoms with Gasteiger partial charge in [0.15, 0.2) is 0 Å². The summed E-state index contributed by atoms with van der Waals surface area (Å²) >= 11 is 0. The minimum Gasteiger partial charge on any atom is -0.382 e. The maximum absolute atomic E-state index is 5.79. The fourth-order valence-corrected chi connectivity index (χ4v) is 1.83. The number of nitrogens with one attached hydrogen (secondary N) is 1. The molecular formula is C9H16N4O. The Bertz CT molecular complexity index is 299. The van der Waals surface area contributed by atoms with E-state index < -0.39 is 0 Å². The van der Waals surface area contributed by atoms with Crippen LogP contribution in [0, 0.1) is 0 Å². The second-order valence-corrected chi connectivity index (χ2v) is 3.50. The van der Waals surface area contributed by atoms with Crippen molar-refractivity contribution in [1.82, 2.24) is 10.2 Å². The lowest BCUT2D eigenvalue weighted by Crippen LogP contribution is -2.45. The molecule has 2 heterocycles. The Morgan fingerprint density at radius 3 is 3.29 bits per heavy atom. The highest BCUT2D eigenvalue weighted by molar-refractivity contribution is 5.62. The average Bonchev–Trinajstić information content (AvgIpc) is 2.64. The summed E-state index contributed by atoms with van der Waals surface area (Å²) in [6.07, 6.45) is 2.84. The Kier molecular flexibility index (Phi) is 2.58. The van der Waals surface area contributed by atoms with Crippen molar-refractivity contribution in [2.75, 3.05) is 30.4 Å². The molecule has 0 saturated carbocycles. The van der Waals surface area contributed by atoms with Gasteiger partial charge in [0.2, 0.25) is 0 Å². The number of hydrogen-bond donors (Lipinski definition) is 2. The number of H-pyrrole nitrogens is 1. The molecule has 1 fully saturated rings. The maximum atomic E-state index is 5.79. The number of aromatic nitrogens is 2. The van der Waals surface area contributed by atoms with Gasteiger partial charge in [0.25, 0.3) is 0 Å². The van der Waals surface area contributed by atoms with E-state index in [1.807, 2.05) is 0 Å². The highest BCUT2D eigenvalue weighted by Crippen LogP contribution is 2.24. The summed E-state index contributed by atoms with van der Waals surface area (Å²) in [4.78, 5) is 2.27. The molecule has 1 aromatic heterocycles. The van der Waals surface area contributed by atoms with Gasteiger partial charge >= 0.3 is 0 Å². The first-order valence-electron chi connectivity index (χ1n) is 4.96. The van der Waals surface area contributed by atoms with E-state index in [1.54, 1.807) is 6.20 Å². The SMILES string of the molecule is CCC1COCCN1c1cn[nH]c1N. The molecule has 78 valence electrons. The minimum absolute atomic E-state index is 0.420. The molecule has 1 atom stereocenters. The second-order valence-electron chi connectivity index (χ2n) is 3.50. The topological polar surface area (TPSA) is 67.2 Å². The maximum Gasteiger partial charge on any atom is 0.142 e. The summed E-state index contributed by atoms with van der Waals surface area (Å²) in [6.45, 7) is 4.59. The van der Waals surface area contributed by atoms with Crippen LogP contribution >= 0.6 is 0 Å². The zero-order chi connectivity index (χ0) is 9.97. The number of nitrogens with zero attached hydrogens (tertiary/aromatic N) is 2. The van der Waals surface area contributed by atoms with Crippen LogP contribution in [0.3, 0.4) is 0 Å². The van der Waals surface area contributed by atoms with E-state index in [1.165, 1.54) is 0 Å². The Hall–Kier alpha value is -1.23. The van der Waals surface area contributed by atoms with Crippen LogP contribution in [-0.2, 0) is 4.74 Å². The van der Waals surface area contributed by atoms with E-state index in [4.69, 9.17) is 10.5 Å². The zero-order valence-electron chi connectivity index (χ0n) is 8.36. The molecule has 0 spiro atoms. The monoisotopic (exact) mass is 196 g/mol. The van der Waals surface area contributed by atoms with Gasteiger partial charge in [-0.15, -0.1) is 0 Å². The van der Waals surface area contributed by atoms with Crippen LogP contribution in [-0.4, -0.2) is 36.0 Å². The van der Waals surface area contributed by atoms with Crippen molar-refractivity contribution >= 4 is 11.5 Å². The van der Waals surface area contributed by atoms with E-state index in [0.29, 0.717) is 11.9 Å². The summed E-state index contributed by atoms with van der Waals surface area (Å²) in [5, 5.41) is 6.69. The third kappa shape index (κ3) is 1.55. The summed E-state index contributed by atoms with van der Waals surface area (Å²) in [6, 6.07) is 0.420. The quantitative estimate of drug-likeness (QED) is 0.727. The van der Waals surface area contributed by atoms with Crippen molar-refractivity contribution in [3.05, 3.63) is 6.20 Å². The van der Waals surface area contributed by atoms with Crippen LogP contribution in [0.4, 0.5) is 11.5 Å². The Labute approximate surface area is 83.2 Å². The predicted molar refractivity (Wildman–Crippen MR) is 55.2 cm³/mol. The van der Waals surface area contributed by atoms with Gasteiger partial charge in [-0.1, -0.05) is 6.92 Å². The standard InChI is InChI=1S/C9H16N4O/c1-2-7-6-14-4-3-13(7)8-5-11-12-9(8)10/h5,7H,2-4,6H2,1H3,(H3,10,11,12). The molecule has 0 amide bonds. The number of nitrogens with two attached hydrogens (primary N) is 1. The normalized spacial score (nSPS) is 22.6. The van der Waals surface area contributed by atoms with Crippen LogP contribution in [0.5, 0.6) is 0 Å². The molecule has 14 heavy (non-hydrogen) atoms. The van der Waals surface area contributed by atoms with E-state index in [9.17, 15) is 0 Å². The largest absolute Gasteiger partial charge is 0.382 e. The molecule has 2 rings (SSSR count). The third-order valence-electron chi connectivity index (χ3n) is 2.66. The van der Waals surface area contributed by atoms with Crippen molar-refractivity contribution in [2.24, 2.45) is 0 Å². The average molecular weight is 196 g/mol. The van der Waals surface area contributed by atoms with Crippen molar-refractivity contribution in [3.63, 3.8) is 0 Å². The fourth-order valence-electron chi connectivity index (χ4n) is 1.83. The summed E-state index contributed by atoms with van der Waals surface area (Å²) in [5.41, 5.74) is 6.79. The number of morpholine rings is 1. The van der Waals surface area contributed by atoms with Crippen LogP contribution in [0.2, 0.25) is 0 Å². The first-order chi connectivity index (χ1) is 6.83.